The lowest BCUT2D eigenvalue weighted by atomic mass is 10.4. The maximum absolute atomic E-state index is 3.38. The standard InChI is InChI=1S/C22H20P.BrH/c1-2-3-19-23(20-13-7-4-8-14-20,21-15-9-5-10-16-21)22-17-11-6-12-18-22;/h4-18H,19H2,1H3;1H/q+1;. The van der Waals surface area contributed by atoms with E-state index in [2.05, 4.69) is 103 Å². The lowest BCUT2D eigenvalue weighted by molar-refractivity contribution is 1.68. The van der Waals surface area contributed by atoms with Crippen molar-refractivity contribution in [1.82, 2.24) is 0 Å². The summed E-state index contributed by atoms with van der Waals surface area (Å²) in [4.78, 5) is 0. The molecule has 2 heteroatoms. The van der Waals surface area contributed by atoms with Crippen LogP contribution >= 0.6 is 24.2 Å². The molecule has 3 aromatic carbocycles. The summed E-state index contributed by atoms with van der Waals surface area (Å²) in [5, 5.41) is 4.17. The van der Waals surface area contributed by atoms with Crippen LogP contribution in [-0.4, -0.2) is 6.16 Å². The number of hydrogen-bond acceptors (Lipinski definition) is 0. The third-order valence-electron chi connectivity index (χ3n) is 4.08. The Kier molecular flexibility index (Phi) is 6.80. The van der Waals surface area contributed by atoms with Crippen molar-refractivity contribution in [3.63, 3.8) is 0 Å². The summed E-state index contributed by atoms with van der Waals surface area (Å²) < 4.78 is 0. The second kappa shape index (κ2) is 8.84. The molecule has 120 valence electrons. The molecule has 0 nitrogen and oxygen atoms in total. The third kappa shape index (κ3) is 3.62. The Morgan fingerprint density at radius 3 is 1.25 bits per heavy atom. The van der Waals surface area contributed by atoms with E-state index in [-0.39, 0.29) is 17.0 Å². The van der Waals surface area contributed by atoms with E-state index in [0.717, 1.165) is 6.16 Å². The SMILES string of the molecule is Br.CC#CC[P+](c1ccccc1)(c1ccccc1)c1ccccc1. The first-order valence-corrected chi connectivity index (χ1v) is 9.80. The van der Waals surface area contributed by atoms with Gasteiger partial charge in [-0.15, -0.1) is 22.9 Å². The molecule has 0 atom stereocenters. The van der Waals surface area contributed by atoms with Crippen LogP contribution in [0.25, 0.3) is 0 Å². The summed E-state index contributed by atoms with van der Waals surface area (Å²) >= 11 is 0. The Labute approximate surface area is 156 Å². The van der Waals surface area contributed by atoms with E-state index >= 15 is 0 Å². The molecule has 0 N–H and O–H groups in total. The summed E-state index contributed by atoms with van der Waals surface area (Å²) in [7, 11) is -1.74. The topological polar surface area (TPSA) is 0 Å². The Balaban J connectivity index is 0.00000208. The van der Waals surface area contributed by atoms with Crippen LogP contribution in [0.3, 0.4) is 0 Å². The normalized spacial score (nSPS) is 10.2. The highest BCUT2D eigenvalue weighted by atomic mass is 79.9. The van der Waals surface area contributed by atoms with Crippen molar-refractivity contribution >= 4 is 40.2 Å². The van der Waals surface area contributed by atoms with Crippen molar-refractivity contribution in [2.24, 2.45) is 0 Å². The molecule has 0 fully saturated rings. The average molecular weight is 396 g/mol. The monoisotopic (exact) mass is 395 g/mol. The fraction of sp³-hybridized carbons (Fsp3) is 0.0909. The largest absolute Gasteiger partial charge is 0.133 e. The lowest BCUT2D eigenvalue weighted by Gasteiger charge is -2.25. The Hall–Kier alpha value is -1.87. The zero-order chi connectivity index (χ0) is 16.0. The molecule has 0 saturated carbocycles. The molecular weight excluding hydrogens is 375 g/mol. The predicted octanol–water partition coefficient (Wildman–Crippen LogP) is 4.58. The van der Waals surface area contributed by atoms with Crippen LogP contribution < -0.4 is 15.9 Å². The van der Waals surface area contributed by atoms with E-state index in [9.17, 15) is 0 Å². The van der Waals surface area contributed by atoms with Gasteiger partial charge in [-0.25, -0.2) is 0 Å². The minimum Gasteiger partial charge on any atom is -0.114 e. The smallest absolute Gasteiger partial charge is 0.114 e. The van der Waals surface area contributed by atoms with Gasteiger partial charge in [-0.1, -0.05) is 60.5 Å². The van der Waals surface area contributed by atoms with Gasteiger partial charge in [0.15, 0.2) is 0 Å². The molecule has 0 aromatic heterocycles. The van der Waals surface area contributed by atoms with Gasteiger partial charge in [0.2, 0.25) is 0 Å². The molecular formula is C22H21BrP+. The van der Waals surface area contributed by atoms with E-state index < -0.39 is 7.26 Å². The van der Waals surface area contributed by atoms with Gasteiger partial charge in [-0.05, 0) is 43.3 Å². The Morgan fingerprint density at radius 2 is 0.958 bits per heavy atom. The van der Waals surface area contributed by atoms with Gasteiger partial charge < -0.3 is 0 Å². The van der Waals surface area contributed by atoms with Gasteiger partial charge in [-0.3, -0.25) is 0 Å². The summed E-state index contributed by atoms with van der Waals surface area (Å²) in [5.74, 6) is 6.49. The van der Waals surface area contributed by atoms with E-state index in [1.54, 1.807) is 0 Å². The maximum atomic E-state index is 3.38. The summed E-state index contributed by atoms with van der Waals surface area (Å²) in [6.07, 6.45) is 0.877. The molecule has 0 saturated heterocycles. The first-order chi connectivity index (χ1) is 11.4. The van der Waals surface area contributed by atoms with Crippen LogP contribution in [0.2, 0.25) is 0 Å². The number of halogens is 1. The highest BCUT2D eigenvalue weighted by Crippen LogP contribution is 2.54. The van der Waals surface area contributed by atoms with Crippen LogP contribution in [0, 0.1) is 11.8 Å². The zero-order valence-corrected chi connectivity index (χ0v) is 16.3. The summed E-state index contributed by atoms with van der Waals surface area (Å²) in [5.41, 5.74) is 0. The highest BCUT2D eigenvalue weighted by molar-refractivity contribution is 8.93. The van der Waals surface area contributed by atoms with Gasteiger partial charge in [0, 0.05) is 0 Å². The second-order valence-corrected chi connectivity index (χ2v) is 8.89. The van der Waals surface area contributed by atoms with Gasteiger partial charge in [-0.2, -0.15) is 0 Å². The molecule has 0 aliphatic heterocycles. The van der Waals surface area contributed by atoms with E-state index in [4.69, 9.17) is 0 Å². The van der Waals surface area contributed by atoms with Crippen molar-refractivity contribution < 1.29 is 0 Å². The van der Waals surface area contributed by atoms with Crippen LogP contribution in [0.5, 0.6) is 0 Å². The molecule has 0 aliphatic carbocycles. The second-order valence-electron chi connectivity index (χ2n) is 5.40. The summed E-state index contributed by atoms with van der Waals surface area (Å²) in [6, 6.07) is 32.6. The van der Waals surface area contributed by atoms with Gasteiger partial charge in [0.25, 0.3) is 0 Å². The van der Waals surface area contributed by atoms with Gasteiger partial charge >= 0.3 is 0 Å². The van der Waals surface area contributed by atoms with E-state index in [0.29, 0.717) is 0 Å². The van der Waals surface area contributed by atoms with Crippen molar-refractivity contribution in [3.8, 4) is 11.8 Å². The average Bonchev–Trinajstić information content (AvgIpc) is 2.65. The highest BCUT2D eigenvalue weighted by Gasteiger charge is 2.44. The molecule has 0 bridgehead atoms. The number of benzene rings is 3. The fourth-order valence-corrected chi connectivity index (χ4v) is 6.85. The molecule has 0 spiro atoms. The molecule has 0 radical (unpaired) electrons. The molecule has 3 rings (SSSR count). The lowest BCUT2D eigenvalue weighted by Crippen LogP contribution is -2.33. The first-order valence-electron chi connectivity index (χ1n) is 7.82. The molecule has 0 unspecified atom stereocenters. The Morgan fingerprint density at radius 1 is 0.625 bits per heavy atom. The van der Waals surface area contributed by atoms with Crippen molar-refractivity contribution in [2.75, 3.05) is 6.16 Å². The van der Waals surface area contributed by atoms with Gasteiger partial charge in [0.1, 0.15) is 29.3 Å². The number of hydrogen-bond donors (Lipinski definition) is 0. The molecule has 0 amide bonds. The molecule has 0 aliphatic rings. The fourth-order valence-electron chi connectivity index (χ4n) is 2.97. The van der Waals surface area contributed by atoms with Gasteiger partial charge in [0.05, 0.1) is 0 Å². The minimum absolute atomic E-state index is 0. The van der Waals surface area contributed by atoms with Crippen molar-refractivity contribution in [3.05, 3.63) is 91.0 Å². The molecule has 3 aromatic rings. The summed E-state index contributed by atoms with van der Waals surface area (Å²) in [6.45, 7) is 1.93. The number of rotatable bonds is 4. The molecule has 24 heavy (non-hydrogen) atoms. The van der Waals surface area contributed by atoms with Crippen LogP contribution in [-0.2, 0) is 0 Å². The molecule has 0 heterocycles. The van der Waals surface area contributed by atoms with Crippen LogP contribution in [0.15, 0.2) is 91.0 Å². The zero-order valence-electron chi connectivity index (χ0n) is 13.7. The predicted molar refractivity (Wildman–Crippen MR) is 114 cm³/mol. The van der Waals surface area contributed by atoms with Crippen LogP contribution in [0.4, 0.5) is 0 Å². The third-order valence-corrected chi connectivity index (χ3v) is 8.26. The van der Waals surface area contributed by atoms with E-state index in [1.165, 1.54) is 15.9 Å². The quantitative estimate of drug-likeness (QED) is 0.447. The maximum Gasteiger partial charge on any atom is 0.133 e. The van der Waals surface area contributed by atoms with Crippen LogP contribution in [0.1, 0.15) is 6.92 Å². The van der Waals surface area contributed by atoms with Crippen molar-refractivity contribution in [2.45, 2.75) is 6.92 Å². The Bertz CT molecular complexity index is 705. The first kappa shape index (κ1) is 18.5. The van der Waals surface area contributed by atoms with E-state index in [1.807, 2.05) is 6.92 Å². The van der Waals surface area contributed by atoms with Crippen molar-refractivity contribution in [1.29, 1.82) is 0 Å². The minimum atomic E-state index is -1.74.